The fraction of sp³-hybridized carbons (Fsp3) is 0.571. The average Bonchev–Trinajstić information content (AvgIpc) is 2.35. The van der Waals surface area contributed by atoms with Crippen molar-refractivity contribution in [1.29, 1.82) is 0 Å². The summed E-state index contributed by atoms with van der Waals surface area (Å²) in [5.41, 5.74) is 2.62. The van der Waals surface area contributed by atoms with Gasteiger partial charge in [0.05, 0.1) is 0 Å². The summed E-state index contributed by atoms with van der Waals surface area (Å²) in [5, 5.41) is 3.18. The van der Waals surface area contributed by atoms with Crippen LogP contribution in [0.4, 0.5) is 5.69 Å². The quantitative estimate of drug-likeness (QED) is 0.813. The minimum absolute atomic E-state index is 0.458. The summed E-state index contributed by atoms with van der Waals surface area (Å²) < 4.78 is 0. The predicted octanol–water partition coefficient (Wildman–Crippen LogP) is 1.96. The van der Waals surface area contributed by atoms with Gasteiger partial charge < -0.3 is 10.2 Å². The first kappa shape index (κ1) is 14.0. The Morgan fingerprint density at radius 3 is 2.18 bits per heavy atom. The summed E-state index contributed by atoms with van der Waals surface area (Å²) >= 11 is 0. The third-order valence-electron chi connectivity index (χ3n) is 3.27. The number of hydrogen-bond donors (Lipinski definition) is 1. The summed E-state index contributed by atoms with van der Waals surface area (Å²) in [6, 6.07) is 9.25. The van der Waals surface area contributed by atoms with Crippen molar-refractivity contribution in [2.45, 2.75) is 13.0 Å². The van der Waals surface area contributed by atoms with Gasteiger partial charge in [-0.25, -0.2) is 0 Å². The van der Waals surface area contributed by atoms with Gasteiger partial charge in [0.25, 0.3) is 0 Å². The molecule has 0 aliphatic heterocycles. The van der Waals surface area contributed by atoms with Gasteiger partial charge in [0.2, 0.25) is 0 Å². The second-order valence-electron chi connectivity index (χ2n) is 4.75. The van der Waals surface area contributed by atoms with Crippen molar-refractivity contribution in [1.82, 2.24) is 10.2 Å². The number of rotatable bonds is 6. The molecule has 1 aromatic carbocycles. The third kappa shape index (κ3) is 4.02. The number of hydrogen-bond acceptors (Lipinski definition) is 3. The molecule has 1 N–H and O–H groups in total. The lowest BCUT2D eigenvalue weighted by Gasteiger charge is -2.25. The lowest BCUT2D eigenvalue weighted by atomic mass is 10.1. The lowest BCUT2D eigenvalue weighted by molar-refractivity contribution is 0.263. The molecule has 0 radical (unpaired) electrons. The van der Waals surface area contributed by atoms with Crippen LogP contribution in [0.1, 0.15) is 18.5 Å². The van der Waals surface area contributed by atoms with E-state index in [2.05, 4.69) is 67.4 Å². The number of nitrogens with one attached hydrogen (secondary N) is 1. The van der Waals surface area contributed by atoms with Crippen LogP contribution in [-0.2, 0) is 0 Å². The van der Waals surface area contributed by atoms with Crippen LogP contribution in [0.2, 0.25) is 0 Å². The molecule has 0 saturated carbocycles. The minimum Gasteiger partial charge on any atom is -0.378 e. The molecule has 1 rings (SSSR count). The molecular formula is C14H25N3. The van der Waals surface area contributed by atoms with Gasteiger partial charge in [0, 0.05) is 38.9 Å². The second kappa shape index (κ2) is 6.62. The van der Waals surface area contributed by atoms with Crippen molar-refractivity contribution in [3.8, 4) is 0 Å². The van der Waals surface area contributed by atoms with E-state index in [-0.39, 0.29) is 0 Å². The first-order valence-corrected chi connectivity index (χ1v) is 6.18. The molecule has 1 atom stereocenters. The van der Waals surface area contributed by atoms with Crippen molar-refractivity contribution in [2.24, 2.45) is 0 Å². The second-order valence-corrected chi connectivity index (χ2v) is 4.75. The van der Waals surface area contributed by atoms with Crippen LogP contribution in [0.15, 0.2) is 24.3 Å². The van der Waals surface area contributed by atoms with Crippen LogP contribution in [0.3, 0.4) is 0 Å². The molecule has 0 bridgehead atoms. The van der Waals surface area contributed by atoms with Crippen molar-refractivity contribution in [2.75, 3.05) is 46.2 Å². The highest BCUT2D eigenvalue weighted by atomic mass is 15.1. The number of benzene rings is 1. The highest BCUT2D eigenvalue weighted by molar-refractivity contribution is 5.46. The largest absolute Gasteiger partial charge is 0.378 e. The topological polar surface area (TPSA) is 18.5 Å². The normalized spacial score (nSPS) is 12.8. The molecule has 0 fully saturated rings. The third-order valence-corrected chi connectivity index (χ3v) is 3.27. The molecule has 0 aliphatic rings. The zero-order chi connectivity index (χ0) is 12.8. The first-order valence-electron chi connectivity index (χ1n) is 6.18. The van der Waals surface area contributed by atoms with E-state index in [9.17, 15) is 0 Å². The Morgan fingerprint density at radius 1 is 1.12 bits per heavy atom. The van der Waals surface area contributed by atoms with E-state index in [1.165, 1.54) is 11.3 Å². The van der Waals surface area contributed by atoms with Gasteiger partial charge in [-0.3, -0.25) is 4.90 Å². The Hall–Kier alpha value is -1.06. The summed E-state index contributed by atoms with van der Waals surface area (Å²) in [6.45, 7) is 4.34. The Bertz CT molecular complexity index is 319. The van der Waals surface area contributed by atoms with E-state index in [0.29, 0.717) is 6.04 Å². The molecular weight excluding hydrogens is 210 g/mol. The molecule has 0 heterocycles. The molecule has 0 aliphatic carbocycles. The van der Waals surface area contributed by atoms with Crippen LogP contribution >= 0.6 is 0 Å². The molecule has 1 unspecified atom stereocenters. The first-order chi connectivity index (χ1) is 8.06. The molecule has 1 aromatic rings. The molecule has 3 heteroatoms. The van der Waals surface area contributed by atoms with Crippen molar-refractivity contribution in [3.05, 3.63) is 29.8 Å². The zero-order valence-electron chi connectivity index (χ0n) is 11.7. The predicted molar refractivity (Wildman–Crippen MR) is 75.7 cm³/mol. The summed E-state index contributed by atoms with van der Waals surface area (Å²) in [7, 11) is 8.29. The summed E-state index contributed by atoms with van der Waals surface area (Å²) in [6.07, 6.45) is 0. The van der Waals surface area contributed by atoms with Crippen molar-refractivity contribution >= 4 is 5.69 Å². The molecule has 0 aromatic heterocycles. The average molecular weight is 235 g/mol. The zero-order valence-corrected chi connectivity index (χ0v) is 11.7. The fourth-order valence-corrected chi connectivity index (χ4v) is 1.79. The van der Waals surface area contributed by atoms with Gasteiger partial charge in [0.1, 0.15) is 0 Å². The highest BCUT2D eigenvalue weighted by Crippen LogP contribution is 2.21. The monoisotopic (exact) mass is 235 g/mol. The van der Waals surface area contributed by atoms with Crippen LogP contribution in [0.25, 0.3) is 0 Å². The van der Waals surface area contributed by atoms with E-state index in [1.54, 1.807) is 0 Å². The van der Waals surface area contributed by atoms with Crippen LogP contribution in [0.5, 0.6) is 0 Å². The van der Waals surface area contributed by atoms with Gasteiger partial charge >= 0.3 is 0 Å². The Balaban J connectivity index is 2.65. The number of anilines is 1. The smallest absolute Gasteiger partial charge is 0.0361 e. The number of nitrogens with zero attached hydrogens (tertiary/aromatic N) is 2. The van der Waals surface area contributed by atoms with E-state index in [1.807, 2.05) is 7.05 Å². The van der Waals surface area contributed by atoms with E-state index in [0.717, 1.165) is 13.1 Å². The van der Waals surface area contributed by atoms with Gasteiger partial charge in [-0.05, 0) is 38.7 Å². The summed E-state index contributed by atoms with van der Waals surface area (Å²) in [4.78, 5) is 4.49. The fourth-order valence-electron chi connectivity index (χ4n) is 1.79. The molecule has 0 saturated heterocycles. The van der Waals surface area contributed by atoms with Crippen LogP contribution in [-0.4, -0.2) is 46.2 Å². The van der Waals surface area contributed by atoms with Crippen molar-refractivity contribution < 1.29 is 0 Å². The maximum Gasteiger partial charge on any atom is 0.0361 e. The minimum atomic E-state index is 0.458. The van der Waals surface area contributed by atoms with E-state index >= 15 is 0 Å². The van der Waals surface area contributed by atoms with Gasteiger partial charge in [-0.15, -0.1) is 0 Å². The number of likely N-dealkylation sites (N-methyl/N-ethyl adjacent to an activating group) is 2. The van der Waals surface area contributed by atoms with Crippen LogP contribution in [0, 0.1) is 0 Å². The molecule has 3 nitrogen and oxygen atoms in total. The Kier molecular flexibility index (Phi) is 5.45. The van der Waals surface area contributed by atoms with Gasteiger partial charge in [0.15, 0.2) is 0 Å². The Morgan fingerprint density at radius 2 is 1.71 bits per heavy atom. The maximum absolute atomic E-state index is 3.18. The molecule has 96 valence electrons. The molecule has 0 spiro atoms. The highest BCUT2D eigenvalue weighted by Gasteiger charge is 2.10. The van der Waals surface area contributed by atoms with Gasteiger partial charge in [-0.2, -0.15) is 0 Å². The Labute approximate surface area is 105 Å². The maximum atomic E-state index is 3.18. The summed E-state index contributed by atoms with van der Waals surface area (Å²) in [5.74, 6) is 0. The van der Waals surface area contributed by atoms with Crippen LogP contribution < -0.4 is 10.2 Å². The molecule has 17 heavy (non-hydrogen) atoms. The standard InChI is InChI=1S/C14H25N3/c1-12(17(5)11-10-15-2)13-6-8-14(9-7-13)16(3)4/h6-9,12,15H,10-11H2,1-5H3. The SMILES string of the molecule is CNCCN(C)C(C)c1ccc(N(C)C)cc1. The van der Waals surface area contributed by atoms with Crippen molar-refractivity contribution in [3.63, 3.8) is 0 Å². The van der Waals surface area contributed by atoms with Gasteiger partial charge in [-0.1, -0.05) is 12.1 Å². The van der Waals surface area contributed by atoms with E-state index < -0.39 is 0 Å². The molecule has 0 amide bonds. The lowest BCUT2D eigenvalue weighted by Crippen LogP contribution is -2.29. The van der Waals surface area contributed by atoms with E-state index in [4.69, 9.17) is 0 Å².